The second-order valence-corrected chi connectivity index (χ2v) is 5.92. The van der Waals surface area contributed by atoms with Crippen LogP contribution in [0.2, 0.25) is 0 Å². The van der Waals surface area contributed by atoms with Gasteiger partial charge in [0, 0.05) is 41.3 Å². The Balaban J connectivity index is 1.56. The fourth-order valence-corrected chi connectivity index (χ4v) is 2.55. The summed E-state index contributed by atoms with van der Waals surface area (Å²) in [4.78, 5) is 12.0. The van der Waals surface area contributed by atoms with Gasteiger partial charge in [-0.1, -0.05) is 23.4 Å². The maximum atomic E-state index is 13.4. The Morgan fingerprint density at radius 1 is 1.11 bits per heavy atom. The molecule has 134 valence electrons. The van der Waals surface area contributed by atoms with Crippen molar-refractivity contribution in [1.82, 2.24) is 20.1 Å². The first-order chi connectivity index (χ1) is 13.2. The summed E-state index contributed by atoms with van der Waals surface area (Å²) in [6.07, 6.45) is 4.90. The highest BCUT2D eigenvalue weighted by molar-refractivity contribution is 5.62. The molecule has 3 heterocycles. The molecule has 4 rings (SSSR count). The normalized spacial score (nSPS) is 10.7. The summed E-state index contributed by atoms with van der Waals surface area (Å²) >= 11 is 0. The first kappa shape index (κ1) is 16.8. The van der Waals surface area contributed by atoms with Crippen LogP contribution in [0.3, 0.4) is 0 Å². The Hall–Kier alpha value is -3.61. The van der Waals surface area contributed by atoms with Gasteiger partial charge < -0.3 is 9.26 Å². The van der Waals surface area contributed by atoms with Crippen molar-refractivity contribution in [3.8, 4) is 28.6 Å². The highest BCUT2D eigenvalue weighted by Crippen LogP contribution is 2.27. The molecule has 0 N–H and O–H groups in total. The quantitative estimate of drug-likeness (QED) is 0.495. The van der Waals surface area contributed by atoms with Crippen molar-refractivity contribution in [2.75, 3.05) is 0 Å². The number of nitrogens with zero attached hydrogens (tertiary/aromatic N) is 4. The van der Waals surface area contributed by atoms with Gasteiger partial charge in [0.2, 0.25) is 11.8 Å². The van der Waals surface area contributed by atoms with E-state index in [4.69, 9.17) is 9.26 Å². The summed E-state index contributed by atoms with van der Waals surface area (Å²) < 4.78 is 24.5. The number of hydrogen-bond acceptors (Lipinski definition) is 6. The minimum absolute atomic E-state index is 0.241. The van der Waals surface area contributed by atoms with Gasteiger partial charge in [-0.15, -0.1) is 0 Å². The van der Waals surface area contributed by atoms with E-state index in [1.54, 1.807) is 19.3 Å². The fourth-order valence-electron chi connectivity index (χ4n) is 2.55. The lowest BCUT2D eigenvalue weighted by Gasteiger charge is -2.06. The van der Waals surface area contributed by atoms with E-state index in [9.17, 15) is 4.39 Å². The molecule has 4 aromatic rings. The molecule has 0 saturated heterocycles. The summed E-state index contributed by atoms with van der Waals surface area (Å²) in [5.41, 5.74) is 2.98. The van der Waals surface area contributed by atoms with Crippen LogP contribution in [0.25, 0.3) is 22.8 Å². The van der Waals surface area contributed by atoms with Crippen LogP contribution in [-0.4, -0.2) is 20.1 Å². The first-order valence-corrected chi connectivity index (χ1v) is 8.27. The second kappa shape index (κ2) is 7.33. The van der Waals surface area contributed by atoms with Crippen LogP contribution in [0.1, 0.15) is 11.1 Å². The van der Waals surface area contributed by atoms with Crippen LogP contribution in [-0.2, 0) is 6.61 Å². The predicted molar refractivity (Wildman–Crippen MR) is 96.2 cm³/mol. The summed E-state index contributed by atoms with van der Waals surface area (Å²) in [6.45, 7) is 2.21. The van der Waals surface area contributed by atoms with Gasteiger partial charge >= 0.3 is 0 Å². The van der Waals surface area contributed by atoms with Crippen LogP contribution in [0.5, 0.6) is 5.75 Å². The van der Waals surface area contributed by atoms with Gasteiger partial charge in [-0.05, 0) is 30.7 Å². The average Bonchev–Trinajstić information content (AvgIpc) is 3.19. The molecular formula is C20H15FN4O2. The van der Waals surface area contributed by atoms with Crippen LogP contribution >= 0.6 is 0 Å². The lowest BCUT2D eigenvalue weighted by Crippen LogP contribution is -1.96. The molecule has 0 radical (unpaired) electrons. The van der Waals surface area contributed by atoms with Crippen molar-refractivity contribution in [2.45, 2.75) is 13.5 Å². The highest BCUT2D eigenvalue weighted by atomic mass is 19.1. The number of rotatable bonds is 5. The van der Waals surface area contributed by atoms with Crippen molar-refractivity contribution in [3.63, 3.8) is 0 Å². The van der Waals surface area contributed by atoms with Gasteiger partial charge in [0.05, 0.1) is 0 Å². The third-order valence-corrected chi connectivity index (χ3v) is 3.95. The zero-order valence-electron chi connectivity index (χ0n) is 14.5. The molecule has 6 nitrogen and oxygen atoms in total. The summed E-state index contributed by atoms with van der Waals surface area (Å²) in [5, 5.41) is 4.00. The summed E-state index contributed by atoms with van der Waals surface area (Å²) in [7, 11) is 0. The molecule has 0 aliphatic heterocycles. The van der Waals surface area contributed by atoms with Gasteiger partial charge in [0.15, 0.2) is 0 Å². The summed E-state index contributed by atoms with van der Waals surface area (Å²) in [6, 6.07) is 12.5. The lowest BCUT2D eigenvalue weighted by atomic mass is 10.1. The molecule has 27 heavy (non-hydrogen) atoms. The van der Waals surface area contributed by atoms with Gasteiger partial charge in [-0.3, -0.25) is 4.98 Å². The van der Waals surface area contributed by atoms with Crippen molar-refractivity contribution < 1.29 is 13.7 Å². The van der Waals surface area contributed by atoms with E-state index >= 15 is 0 Å². The molecule has 0 aliphatic rings. The molecule has 0 unspecified atom stereocenters. The van der Waals surface area contributed by atoms with Gasteiger partial charge in [0.25, 0.3) is 5.89 Å². The maximum absolute atomic E-state index is 13.4. The van der Waals surface area contributed by atoms with Gasteiger partial charge in [-0.2, -0.15) is 9.37 Å². The minimum Gasteiger partial charge on any atom is -0.489 e. The van der Waals surface area contributed by atoms with E-state index in [1.165, 1.54) is 12.3 Å². The molecule has 3 aromatic heterocycles. The molecule has 0 bridgehead atoms. The second-order valence-electron chi connectivity index (χ2n) is 5.92. The van der Waals surface area contributed by atoms with Crippen LogP contribution in [0, 0.1) is 12.9 Å². The van der Waals surface area contributed by atoms with Crippen LogP contribution < -0.4 is 4.74 Å². The molecule has 1 aromatic carbocycles. The SMILES string of the molecule is Cc1cnc(F)cc1-c1nc(-c2cccc(OCc3cccnc3)c2)no1. The molecule has 0 saturated carbocycles. The number of pyridine rings is 2. The smallest absolute Gasteiger partial charge is 0.258 e. The number of benzene rings is 1. The third-order valence-electron chi connectivity index (χ3n) is 3.95. The number of hydrogen-bond donors (Lipinski definition) is 0. The van der Waals surface area contributed by atoms with E-state index in [1.807, 2.05) is 36.4 Å². The largest absolute Gasteiger partial charge is 0.489 e. The topological polar surface area (TPSA) is 73.9 Å². The Kier molecular flexibility index (Phi) is 4.57. The maximum Gasteiger partial charge on any atom is 0.258 e. The Morgan fingerprint density at radius 3 is 2.89 bits per heavy atom. The molecule has 0 atom stereocenters. The molecule has 0 aliphatic carbocycles. The third kappa shape index (κ3) is 3.82. The van der Waals surface area contributed by atoms with Crippen molar-refractivity contribution >= 4 is 0 Å². The van der Waals surface area contributed by atoms with Crippen molar-refractivity contribution in [1.29, 1.82) is 0 Å². The van der Waals surface area contributed by atoms with Crippen LogP contribution in [0.4, 0.5) is 4.39 Å². The van der Waals surface area contributed by atoms with E-state index in [-0.39, 0.29) is 5.89 Å². The molecule has 0 spiro atoms. The molecule has 7 heteroatoms. The Labute approximate surface area is 154 Å². The monoisotopic (exact) mass is 362 g/mol. The predicted octanol–water partition coefficient (Wildman–Crippen LogP) is 4.22. The summed E-state index contributed by atoms with van der Waals surface area (Å²) in [5.74, 6) is 0.717. The highest BCUT2D eigenvalue weighted by Gasteiger charge is 2.14. The number of aryl methyl sites for hydroxylation is 1. The zero-order chi connectivity index (χ0) is 18.6. The Morgan fingerprint density at radius 2 is 2.04 bits per heavy atom. The Bertz CT molecular complexity index is 1070. The van der Waals surface area contributed by atoms with Gasteiger partial charge in [-0.25, -0.2) is 4.98 Å². The minimum atomic E-state index is -0.596. The number of ether oxygens (including phenoxy) is 1. The first-order valence-electron chi connectivity index (χ1n) is 8.27. The number of aromatic nitrogens is 4. The van der Waals surface area contributed by atoms with Crippen molar-refractivity contribution in [3.05, 3.63) is 78.1 Å². The lowest BCUT2D eigenvalue weighted by molar-refractivity contribution is 0.306. The van der Waals surface area contributed by atoms with E-state index < -0.39 is 5.95 Å². The number of halogens is 1. The van der Waals surface area contributed by atoms with Crippen molar-refractivity contribution in [2.24, 2.45) is 0 Å². The van der Waals surface area contributed by atoms with E-state index in [0.717, 1.165) is 16.7 Å². The molecule has 0 fully saturated rings. The van der Waals surface area contributed by atoms with E-state index in [0.29, 0.717) is 23.7 Å². The fraction of sp³-hybridized carbons (Fsp3) is 0.100. The zero-order valence-corrected chi connectivity index (χ0v) is 14.5. The standard InChI is InChI=1S/C20H15FN4O2/c1-13-10-23-18(21)9-17(13)20-24-19(25-27-20)15-5-2-6-16(8-15)26-12-14-4-3-7-22-11-14/h2-11H,12H2,1H3. The average molecular weight is 362 g/mol. The molecular weight excluding hydrogens is 347 g/mol. The molecule has 0 amide bonds. The van der Waals surface area contributed by atoms with Crippen LogP contribution in [0.15, 0.2) is 65.6 Å². The van der Waals surface area contributed by atoms with E-state index in [2.05, 4.69) is 20.1 Å². The van der Waals surface area contributed by atoms with Gasteiger partial charge in [0.1, 0.15) is 12.4 Å².